The fourth-order valence-electron chi connectivity index (χ4n) is 1.65. The predicted octanol–water partition coefficient (Wildman–Crippen LogP) is 3.27. The molecule has 0 saturated heterocycles. The van der Waals surface area contributed by atoms with Crippen molar-refractivity contribution in [1.29, 1.82) is 0 Å². The number of aliphatic carboxylic acids is 1. The fourth-order valence-corrected chi connectivity index (χ4v) is 1.82. The number of urea groups is 1. The maximum atomic E-state index is 11.7. The molecule has 0 fully saturated rings. The van der Waals surface area contributed by atoms with Crippen LogP contribution in [0.25, 0.3) is 0 Å². The van der Waals surface area contributed by atoms with Gasteiger partial charge in [-0.05, 0) is 37.0 Å². The summed E-state index contributed by atoms with van der Waals surface area (Å²) in [5, 5.41) is 14.6. The molecule has 110 valence electrons. The van der Waals surface area contributed by atoms with Gasteiger partial charge in [0.05, 0.1) is 0 Å². The minimum absolute atomic E-state index is 0.109. The van der Waals surface area contributed by atoms with Crippen molar-refractivity contribution in [2.75, 3.05) is 11.9 Å². The van der Waals surface area contributed by atoms with Gasteiger partial charge in [0, 0.05) is 23.7 Å². The molecular formula is C14H19ClN2O3. The van der Waals surface area contributed by atoms with E-state index in [4.69, 9.17) is 16.7 Å². The number of carbonyl (C=O) groups is 2. The molecule has 1 aromatic rings. The highest BCUT2D eigenvalue weighted by molar-refractivity contribution is 6.31. The smallest absolute Gasteiger partial charge is 0.319 e. The molecule has 1 unspecified atom stereocenters. The zero-order valence-corrected chi connectivity index (χ0v) is 12.3. The Morgan fingerprint density at radius 1 is 1.40 bits per heavy atom. The van der Waals surface area contributed by atoms with Crippen LogP contribution in [0.5, 0.6) is 0 Å². The predicted molar refractivity (Wildman–Crippen MR) is 79.2 cm³/mol. The third-order valence-corrected chi connectivity index (χ3v) is 3.39. The van der Waals surface area contributed by atoms with Crippen LogP contribution in [0.3, 0.4) is 0 Å². The lowest BCUT2D eigenvalue weighted by atomic mass is 10.1. The second-order valence-electron chi connectivity index (χ2n) is 4.79. The number of benzene rings is 1. The Morgan fingerprint density at radius 2 is 2.10 bits per heavy atom. The Labute approximate surface area is 123 Å². The van der Waals surface area contributed by atoms with Gasteiger partial charge < -0.3 is 15.7 Å². The van der Waals surface area contributed by atoms with E-state index in [1.165, 1.54) is 0 Å². The molecule has 0 aromatic heterocycles. The van der Waals surface area contributed by atoms with Gasteiger partial charge >= 0.3 is 12.0 Å². The van der Waals surface area contributed by atoms with Gasteiger partial charge in [-0.2, -0.15) is 0 Å². The highest BCUT2D eigenvalue weighted by Gasteiger charge is 2.09. The summed E-state index contributed by atoms with van der Waals surface area (Å²) >= 11 is 5.97. The molecule has 0 aliphatic rings. The number of hydrogen-bond donors (Lipinski definition) is 3. The van der Waals surface area contributed by atoms with Gasteiger partial charge in [-0.3, -0.25) is 4.79 Å². The summed E-state index contributed by atoms with van der Waals surface area (Å²) in [5.41, 5.74) is 1.47. The minimum Gasteiger partial charge on any atom is -0.481 e. The number of hydrogen-bond acceptors (Lipinski definition) is 2. The molecule has 1 aromatic carbocycles. The maximum Gasteiger partial charge on any atom is 0.319 e. The van der Waals surface area contributed by atoms with E-state index in [1.807, 2.05) is 13.8 Å². The SMILES string of the molecule is Cc1c(Cl)cccc1NC(=O)NCC(C)CCC(=O)O. The first-order valence-corrected chi connectivity index (χ1v) is 6.79. The van der Waals surface area contributed by atoms with Crippen LogP contribution >= 0.6 is 11.6 Å². The summed E-state index contributed by atoms with van der Waals surface area (Å²) in [7, 11) is 0. The Bertz CT molecular complexity index is 491. The van der Waals surface area contributed by atoms with Crippen LogP contribution < -0.4 is 10.6 Å². The zero-order chi connectivity index (χ0) is 15.1. The fraction of sp³-hybridized carbons (Fsp3) is 0.429. The van der Waals surface area contributed by atoms with Gasteiger partial charge in [0.2, 0.25) is 0 Å². The molecule has 0 spiro atoms. The van der Waals surface area contributed by atoms with Crippen LogP contribution in [0.15, 0.2) is 18.2 Å². The van der Waals surface area contributed by atoms with Gasteiger partial charge in [-0.1, -0.05) is 24.6 Å². The van der Waals surface area contributed by atoms with Gasteiger partial charge in [-0.25, -0.2) is 4.79 Å². The van der Waals surface area contributed by atoms with Crippen molar-refractivity contribution in [3.8, 4) is 0 Å². The van der Waals surface area contributed by atoms with E-state index in [9.17, 15) is 9.59 Å². The molecule has 0 bridgehead atoms. The average molecular weight is 299 g/mol. The molecule has 0 radical (unpaired) electrons. The molecule has 2 amide bonds. The summed E-state index contributed by atoms with van der Waals surface area (Å²) in [4.78, 5) is 22.2. The highest BCUT2D eigenvalue weighted by Crippen LogP contribution is 2.22. The molecule has 0 heterocycles. The van der Waals surface area contributed by atoms with Crippen molar-refractivity contribution in [2.24, 2.45) is 5.92 Å². The first kappa shape index (κ1) is 16.3. The third kappa shape index (κ3) is 5.48. The van der Waals surface area contributed by atoms with Crippen molar-refractivity contribution < 1.29 is 14.7 Å². The standard InChI is InChI=1S/C14H19ClN2O3/c1-9(6-7-13(18)19)8-16-14(20)17-12-5-3-4-11(15)10(12)2/h3-5,9H,6-8H2,1-2H3,(H,18,19)(H2,16,17,20). The first-order valence-electron chi connectivity index (χ1n) is 6.42. The molecule has 0 saturated carbocycles. The Kier molecular flexibility index (Phi) is 6.31. The van der Waals surface area contributed by atoms with E-state index in [2.05, 4.69) is 10.6 Å². The third-order valence-electron chi connectivity index (χ3n) is 2.98. The molecule has 5 nitrogen and oxygen atoms in total. The van der Waals surface area contributed by atoms with Crippen LogP contribution in [0.2, 0.25) is 5.02 Å². The number of carboxylic acids is 1. The topological polar surface area (TPSA) is 78.4 Å². The van der Waals surface area contributed by atoms with E-state index >= 15 is 0 Å². The van der Waals surface area contributed by atoms with Gasteiger partial charge in [0.15, 0.2) is 0 Å². The number of amides is 2. The molecule has 6 heteroatoms. The summed E-state index contributed by atoms with van der Waals surface area (Å²) in [6.07, 6.45) is 0.643. The van der Waals surface area contributed by atoms with Crippen molar-refractivity contribution in [1.82, 2.24) is 5.32 Å². The monoisotopic (exact) mass is 298 g/mol. The average Bonchev–Trinajstić information content (AvgIpc) is 2.39. The highest BCUT2D eigenvalue weighted by atomic mass is 35.5. The molecule has 1 atom stereocenters. The molecular weight excluding hydrogens is 280 g/mol. The number of carboxylic acid groups (broad SMARTS) is 1. The van der Waals surface area contributed by atoms with Crippen molar-refractivity contribution >= 4 is 29.3 Å². The summed E-state index contributed by atoms with van der Waals surface area (Å²) < 4.78 is 0. The van der Waals surface area contributed by atoms with Gasteiger partial charge in [0.25, 0.3) is 0 Å². The number of nitrogens with one attached hydrogen (secondary N) is 2. The normalized spacial score (nSPS) is 11.8. The Balaban J connectivity index is 2.40. The van der Waals surface area contributed by atoms with Crippen molar-refractivity contribution in [3.63, 3.8) is 0 Å². The number of carbonyl (C=O) groups excluding carboxylic acids is 1. The summed E-state index contributed by atoms with van der Waals surface area (Å²) in [6, 6.07) is 4.97. The molecule has 3 N–H and O–H groups in total. The molecule has 0 aliphatic heterocycles. The second kappa shape index (κ2) is 7.75. The van der Waals surface area contributed by atoms with E-state index in [1.54, 1.807) is 18.2 Å². The quantitative estimate of drug-likeness (QED) is 0.754. The van der Waals surface area contributed by atoms with Crippen LogP contribution in [-0.2, 0) is 4.79 Å². The van der Waals surface area contributed by atoms with Crippen molar-refractivity contribution in [2.45, 2.75) is 26.7 Å². The lowest BCUT2D eigenvalue weighted by Crippen LogP contribution is -2.32. The molecule has 0 aliphatic carbocycles. The number of anilines is 1. The Hall–Kier alpha value is -1.75. The van der Waals surface area contributed by atoms with Crippen LogP contribution in [0, 0.1) is 12.8 Å². The largest absolute Gasteiger partial charge is 0.481 e. The maximum absolute atomic E-state index is 11.7. The van der Waals surface area contributed by atoms with Crippen LogP contribution in [-0.4, -0.2) is 23.7 Å². The van der Waals surface area contributed by atoms with E-state index in [0.29, 0.717) is 23.7 Å². The van der Waals surface area contributed by atoms with E-state index < -0.39 is 5.97 Å². The summed E-state index contributed by atoms with van der Waals surface area (Å²) in [5.74, 6) is -0.715. The van der Waals surface area contributed by atoms with E-state index in [0.717, 1.165) is 5.56 Å². The lowest BCUT2D eigenvalue weighted by Gasteiger charge is -2.13. The van der Waals surface area contributed by atoms with Crippen LogP contribution in [0.4, 0.5) is 10.5 Å². The van der Waals surface area contributed by atoms with Crippen molar-refractivity contribution in [3.05, 3.63) is 28.8 Å². The molecule has 20 heavy (non-hydrogen) atoms. The Morgan fingerprint density at radius 3 is 2.75 bits per heavy atom. The number of halogens is 1. The van der Waals surface area contributed by atoms with Gasteiger partial charge in [-0.15, -0.1) is 0 Å². The zero-order valence-electron chi connectivity index (χ0n) is 11.6. The first-order chi connectivity index (χ1) is 9.40. The van der Waals surface area contributed by atoms with E-state index in [-0.39, 0.29) is 18.4 Å². The van der Waals surface area contributed by atoms with Gasteiger partial charge in [0.1, 0.15) is 0 Å². The molecule has 1 rings (SSSR count). The minimum atomic E-state index is -0.823. The lowest BCUT2D eigenvalue weighted by molar-refractivity contribution is -0.137. The van der Waals surface area contributed by atoms with Crippen LogP contribution in [0.1, 0.15) is 25.3 Å². The summed E-state index contributed by atoms with van der Waals surface area (Å²) in [6.45, 7) is 4.15. The second-order valence-corrected chi connectivity index (χ2v) is 5.19. The number of rotatable bonds is 6.